The molecule has 1 aromatic rings. The van der Waals surface area contributed by atoms with Gasteiger partial charge >= 0.3 is 0 Å². The van der Waals surface area contributed by atoms with Crippen molar-refractivity contribution in [3.8, 4) is 5.75 Å². The lowest BCUT2D eigenvalue weighted by Crippen LogP contribution is -2.42. The molecule has 17 heavy (non-hydrogen) atoms. The van der Waals surface area contributed by atoms with Crippen LogP contribution in [0.2, 0.25) is 0 Å². The van der Waals surface area contributed by atoms with Crippen molar-refractivity contribution in [2.75, 3.05) is 20.3 Å². The van der Waals surface area contributed by atoms with Gasteiger partial charge in [-0.1, -0.05) is 17.7 Å². The lowest BCUT2D eigenvalue weighted by atomic mass is 10.0. The second-order valence-corrected chi connectivity index (χ2v) is 5.03. The van der Waals surface area contributed by atoms with Crippen molar-refractivity contribution >= 4 is 0 Å². The van der Waals surface area contributed by atoms with Crippen LogP contribution in [0.25, 0.3) is 0 Å². The van der Waals surface area contributed by atoms with Crippen molar-refractivity contribution in [3.05, 3.63) is 29.3 Å². The molecule has 2 rings (SSSR count). The molecule has 1 aromatic carbocycles. The van der Waals surface area contributed by atoms with Crippen molar-refractivity contribution < 1.29 is 9.47 Å². The van der Waals surface area contributed by atoms with Gasteiger partial charge in [-0.05, 0) is 26.3 Å². The zero-order valence-electron chi connectivity index (χ0n) is 10.9. The normalized spacial score (nSPS) is 23.9. The first kappa shape index (κ1) is 12.4. The Balaban J connectivity index is 2.05. The third kappa shape index (κ3) is 2.99. The van der Waals surface area contributed by atoms with Crippen LogP contribution in [-0.4, -0.2) is 25.9 Å². The zero-order valence-corrected chi connectivity index (χ0v) is 10.9. The van der Waals surface area contributed by atoms with Gasteiger partial charge in [0.05, 0.1) is 13.7 Å². The van der Waals surface area contributed by atoms with E-state index in [0.29, 0.717) is 0 Å². The summed E-state index contributed by atoms with van der Waals surface area (Å²) in [5.41, 5.74) is 2.57. The lowest BCUT2D eigenvalue weighted by Gasteiger charge is -2.24. The fourth-order valence-corrected chi connectivity index (χ4v) is 2.16. The Morgan fingerprint density at radius 2 is 2.29 bits per heavy atom. The molecule has 0 amide bonds. The Kier molecular flexibility index (Phi) is 3.69. The Bertz CT molecular complexity index is 384. The molecule has 3 heteroatoms. The van der Waals surface area contributed by atoms with Crippen LogP contribution >= 0.6 is 0 Å². The Morgan fingerprint density at radius 1 is 1.47 bits per heavy atom. The van der Waals surface area contributed by atoms with Crippen molar-refractivity contribution in [2.45, 2.75) is 32.4 Å². The topological polar surface area (TPSA) is 30.5 Å². The molecule has 1 aliphatic heterocycles. The van der Waals surface area contributed by atoms with Gasteiger partial charge in [0, 0.05) is 24.3 Å². The van der Waals surface area contributed by atoms with E-state index in [4.69, 9.17) is 9.47 Å². The minimum atomic E-state index is 0.106. The molecule has 1 heterocycles. The minimum Gasteiger partial charge on any atom is -0.496 e. The van der Waals surface area contributed by atoms with Crippen LogP contribution in [-0.2, 0) is 11.3 Å². The molecule has 1 N–H and O–H groups in total. The number of aryl methyl sites for hydroxylation is 1. The highest BCUT2D eigenvalue weighted by Crippen LogP contribution is 2.22. The third-order valence-electron chi connectivity index (χ3n) is 3.36. The molecule has 0 aliphatic carbocycles. The second kappa shape index (κ2) is 5.07. The minimum absolute atomic E-state index is 0.106. The Labute approximate surface area is 103 Å². The highest BCUT2D eigenvalue weighted by molar-refractivity contribution is 5.36. The quantitative estimate of drug-likeness (QED) is 0.868. The molecule has 1 atom stereocenters. The number of methoxy groups -OCH3 is 1. The predicted octanol–water partition coefficient (Wildman–Crippen LogP) is 2.27. The molecule has 0 aromatic heterocycles. The van der Waals surface area contributed by atoms with Gasteiger partial charge in [-0.15, -0.1) is 0 Å². The highest BCUT2D eigenvalue weighted by Gasteiger charge is 2.28. The van der Waals surface area contributed by atoms with E-state index in [9.17, 15) is 0 Å². The van der Waals surface area contributed by atoms with Gasteiger partial charge < -0.3 is 14.8 Å². The summed E-state index contributed by atoms with van der Waals surface area (Å²) in [6.07, 6.45) is 1.07. The Morgan fingerprint density at radius 3 is 2.94 bits per heavy atom. The van der Waals surface area contributed by atoms with Crippen LogP contribution in [0.15, 0.2) is 18.2 Å². The van der Waals surface area contributed by atoms with Gasteiger partial charge in [-0.3, -0.25) is 0 Å². The molecule has 3 nitrogen and oxygen atoms in total. The first-order chi connectivity index (χ1) is 8.13. The number of rotatable bonds is 4. The maximum absolute atomic E-state index is 5.44. The standard InChI is InChI=1S/C14H21NO2/c1-11-4-5-13(16-3)12(8-11)9-15-14(2)6-7-17-10-14/h4-5,8,15H,6-7,9-10H2,1-3H3. The van der Waals surface area contributed by atoms with Gasteiger partial charge in [0.2, 0.25) is 0 Å². The first-order valence-electron chi connectivity index (χ1n) is 6.09. The van der Waals surface area contributed by atoms with Gasteiger partial charge in [0.1, 0.15) is 5.75 Å². The van der Waals surface area contributed by atoms with Gasteiger partial charge in [-0.25, -0.2) is 0 Å². The molecular formula is C14H21NO2. The summed E-state index contributed by atoms with van der Waals surface area (Å²) in [7, 11) is 1.72. The third-order valence-corrected chi connectivity index (χ3v) is 3.36. The smallest absolute Gasteiger partial charge is 0.123 e. The molecule has 1 unspecified atom stereocenters. The number of hydrogen-bond acceptors (Lipinski definition) is 3. The maximum Gasteiger partial charge on any atom is 0.123 e. The van der Waals surface area contributed by atoms with Crippen LogP contribution in [0.5, 0.6) is 5.75 Å². The summed E-state index contributed by atoms with van der Waals surface area (Å²) in [5.74, 6) is 0.950. The molecule has 1 fully saturated rings. The van der Waals surface area contributed by atoms with Crippen LogP contribution in [0, 0.1) is 6.92 Å². The van der Waals surface area contributed by atoms with Gasteiger partial charge in [0.15, 0.2) is 0 Å². The summed E-state index contributed by atoms with van der Waals surface area (Å²) in [6.45, 7) is 6.78. The predicted molar refractivity (Wildman–Crippen MR) is 68.4 cm³/mol. The fourth-order valence-electron chi connectivity index (χ4n) is 2.16. The number of benzene rings is 1. The summed E-state index contributed by atoms with van der Waals surface area (Å²) in [5, 5.41) is 3.57. The van der Waals surface area contributed by atoms with E-state index in [1.54, 1.807) is 7.11 Å². The van der Waals surface area contributed by atoms with Crippen LogP contribution < -0.4 is 10.1 Å². The van der Waals surface area contributed by atoms with Crippen LogP contribution in [0.3, 0.4) is 0 Å². The second-order valence-electron chi connectivity index (χ2n) is 5.03. The molecule has 0 bridgehead atoms. The molecule has 0 radical (unpaired) electrons. The van der Waals surface area contributed by atoms with Crippen molar-refractivity contribution in [1.29, 1.82) is 0 Å². The molecule has 94 valence electrons. The molecule has 1 saturated heterocycles. The number of ether oxygens (including phenoxy) is 2. The number of nitrogens with one attached hydrogen (secondary N) is 1. The molecule has 1 aliphatic rings. The fraction of sp³-hybridized carbons (Fsp3) is 0.571. The van der Waals surface area contributed by atoms with Crippen LogP contribution in [0.1, 0.15) is 24.5 Å². The van der Waals surface area contributed by atoms with Crippen molar-refractivity contribution in [1.82, 2.24) is 5.32 Å². The molecule has 0 saturated carbocycles. The first-order valence-corrected chi connectivity index (χ1v) is 6.09. The average molecular weight is 235 g/mol. The summed E-state index contributed by atoms with van der Waals surface area (Å²) >= 11 is 0. The Hall–Kier alpha value is -1.06. The van der Waals surface area contributed by atoms with E-state index in [-0.39, 0.29) is 5.54 Å². The summed E-state index contributed by atoms with van der Waals surface area (Å²) in [4.78, 5) is 0. The van der Waals surface area contributed by atoms with Crippen LogP contribution in [0.4, 0.5) is 0 Å². The maximum atomic E-state index is 5.44. The number of hydrogen-bond donors (Lipinski definition) is 1. The van der Waals surface area contributed by atoms with Crippen molar-refractivity contribution in [2.24, 2.45) is 0 Å². The lowest BCUT2D eigenvalue weighted by molar-refractivity contribution is 0.171. The van der Waals surface area contributed by atoms with E-state index in [2.05, 4.69) is 31.3 Å². The zero-order chi connectivity index (χ0) is 12.3. The van der Waals surface area contributed by atoms with E-state index in [0.717, 1.165) is 31.9 Å². The summed E-state index contributed by atoms with van der Waals surface area (Å²) in [6, 6.07) is 6.27. The molecular weight excluding hydrogens is 214 g/mol. The average Bonchev–Trinajstić information content (AvgIpc) is 2.74. The van der Waals surface area contributed by atoms with Crippen molar-refractivity contribution in [3.63, 3.8) is 0 Å². The summed E-state index contributed by atoms with van der Waals surface area (Å²) < 4.78 is 10.8. The van der Waals surface area contributed by atoms with Gasteiger partial charge in [-0.2, -0.15) is 0 Å². The highest BCUT2D eigenvalue weighted by atomic mass is 16.5. The largest absolute Gasteiger partial charge is 0.496 e. The van der Waals surface area contributed by atoms with E-state index >= 15 is 0 Å². The van der Waals surface area contributed by atoms with Gasteiger partial charge in [0.25, 0.3) is 0 Å². The SMILES string of the molecule is COc1ccc(C)cc1CNC1(C)CCOC1. The monoisotopic (exact) mass is 235 g/mol. The van der Waals surface area contributed by atoms with E-state index < -0.39 is 0 Å². The van der Waals surface area contributed by atoms with E-state index in [1.165, 1.54) is 11.1 Å². The molecule has 0 spiro atoms. The van der Waals surface area contributed by atoms with E-state index in [1.807, 2.05) is 6.07 Å².